The van der Waals surface area contributed by atoms with E-state index in [0.717, 1.165) is 22.2 Å². The van der Waals surface area contributed by atoms with Crippen LogP contribution in [0.2, 0.25) is 0 Å². The summed E-state index contributed by atoms with van der Waals surface area (Å²) >= 11 is 1.56. The zero-order valence-corrected chi connectivity index (χ0v) is 12.8. The highest BCUT2D eigenvalue weighted by molar-refractivity contribution is 7.15. The van der Waals surface area contributed by atoms with E-state index in [1.54, 1.807) is 11.3 Å². The van der Waals surface area contributed by atoms with Gasteiger partial charge in [0.15, 0.2) is 0 Å². The number of benzene rings is 1. The molecular formula is C15H17N5S. The molecule has 1 N–H and O–H groups in total. The fourth-order valence-electron chi connectivity index (χ4n) is 2.08. The second-order valence-corrected chi connectivity index (χ2v) is 6.13. The first-order valence-corrected chi connectivity index (χ1v) is 7.65. The molecule has 0 bridgehead atoms. The van der Waals surface area contributed by atoms with E-state index in [9.17, 15) is 0 Å². The number of rotatable bonds is 5. The monoisotopic (exact) mass is 299 g/mol. The summed E-state index contributed by atoms with van der Waals surface area (Å²) in [6.45, 7) is 4.83. The highest BCUT2D eigenvalue weighted by Gasteiger charge is 2.10. The second kappa shape index (κ2) is 6.05. The molecule has 3 rings (SSSR count). The Hall–Kier alpha value is -2.21. The van der Waals surface area contributed by atoms with Crippen molar-refractivity contribution in [3.05, 3.63) is 58.9 Å². The van der Waals surface area contributed by atoms with Crippen LogP contribution in [0.5, 0.6) is 0 Å². The molecule has 21 heavy (non-hydrogen) atoms. The van der Waals surface area contributed by atoms with E-state index in [-0.39, 0.29) is 6.04 Å². The van der Waals surface area contributed by atoms with E-state index in [2.05, 4.69) is 45.9 Å². The lowest BCUT2D eigenvalue weighted by Gasteiger charge is -2.09. The summed E-state index contributed by atoms with van der Waals surface area (Å²) in [4.78, 5) is 0. The number of nitrogens with zero attached hydrogens (tertiary/aromatic N) is 4. The molecule has 1 atom stereocenters. The zero-order valence-electron chi connectivity index (χ0n) is 12.0. The van der Waals surface area contributed by atoms with Crippen molar-refractivity contribution >= 4 is 16.5 Å². The third kappa shape index (κ3) is 3.46. The summed E-state index contributed by atoms with van der Waals surface area (Å²) in [5, 5.41) is 17.7. The first kappa shape index (κ1) is 13.8. The lowest BCUT2D eigenvalue weighted by Crippen LogP contribution is -2.05. The maximum Gasteiger partial charge on any atom is 0.206 e. The Balaban J connectivity index is 1.66. The van der Waals surface area contributed by atoms with Gasteiger partial charge >= 0.3 is 0 Å². The van der Waals surface area contributed by atoms with Gasteiger partial charge in [-0.15, -0.1) is 10.2 Å². The van der Waals surface area contributed by atoms with Crippen molar-refractivity contribution < 1.29 is 0 Å². The Morgan fingerprint density at radius 3 is 2.76 bits per heavy atom. The maximum atomic E-state index is 4.42. The summed E-state index contributed by atoms with van der Waals surface area (Å²) in [6.07, 6.45) is 3.97. The molecule has 108 valence electrons. The molecule has 2 heterocycles. The molecular weight excluding hydrogens is 282 g/mol. The molecule has 5 nitrogen and oxygen atoms in total. The largest absolute Gasteiger partial charge is 0.353 e. The minimum absolute atomic E-state index is 0.155. The number of aromatic nitrogens is 4. The summed E-state index contributed by atoms with van der Waals surface area (Å²) in [6, 6.07) is 10.5. The normalized spacial score (nSPS) is 12.3. The van der Waals surface area contributed by atoms with Gasteiger partial charge in [0.25, 0.3) is 0 Å². The van der Waals surface area contributed by atoms with Gasteiger partial charge in [-0.25, -0.2) is 0 Å². The van der Waals surface area contributed by atoms with E-state index in [1.807, 2.05) is 36.0 Å². The van der Waals surface area contributed by atoms with Crippen molar-refractivity contribution in [1.29, 1.82) is 0 Å². The predicted octanol–water partition coefficient (Wildman–Crippen LogP) is 3.26. The molecule has 6 heteroatoms. The van der Waals surface area contributed by atoms with Gasteiger partial charge in [-0.2, -0.15) is 5.10 Å². The van der Waals surface area contributed by atoms with Crippen molar-refractivity contribution in [3.8, 4) is 0 Å². The van der Waals surface area contributed by atoms with Gasteiger partial charge in [0, 0.05) is 11.8 Å². The lowest BCUT2D eigenvalue weighted by atomic mass is 10.2. The van der Waals surface area contributed by atoms with Crippen LogP contribution in [-0.2, 0) is 6.54 Å². The van der Waals surface area contributed by atoms with Crippen LogP contribution in [0.3, 0.4) is 0 Å². The minimum Gasteiger partial charge on any atom is -0.353 e. The van der Waals surface area contributed by atoms with Gasteiger partial charge in [0.2, 0.25) is 5.13 Å². The van der Waals surface area contributed by atoms with Gasteiger partial charge in [-0.1, -0.05) is 41.7 Å². The van der Waals surface area contributed by atoms with E-state index in [0.29, 0.717) is 0 Å². The molecule has 0 saturated carbocycles. The van der Waals surface area contributed by atoms with E-state index in [1.165, 1.54) is 5.56 Å². The highest BCUT2D eigenvalue weighted by Crippen LogP contribution is 2.21. The summed E-state index contributed by atoms with van der Waals surface area (Å²) in [5.41, 5.74) is 2.38. The van der Waals surface area contributed by atoms with Crippen LogP contribution in [-0.4, -0.2) is 20.0 Å². The summed E-state index contributed by atoms with van der Waals surface area (Å²) < 4.78 is 1.95. The van der Waals surface area contributed by atoms with Gasteiger partial charge in [-0.05, 0) is 19.4 Å². The third-order valence-corrected chi connectivity index (χ3v) is 3.98. The Bertz CT molecular complexity index is 704. The van der Waals surface area contributed by atoms with Gasteiger partial charge in [0.05, 0.1) is 18.8 Å². The Labute approximate surface area is 127 Å². The van der Waals surface area contributed by atoms with Crippen molar-refractivity contribution in [1.82, 2.24) is 20.0 Å². The van der Waals surface area contributed by atoms with Crippen LogP contribution in [0.25, 0.3) is 0 Å². The highest BCUT2D eigenvalue weighted by atomic mass is 32.1. The fraction of sp³-hybridized carbons (Fsp3) is 0.267. The molecule has 3 aromatic rings. The van der Waals surface area contributed by atoms with E-state index >= 15 is 0 Å². The number of anilines is 1. The van der Waals surface area contributed by atoms with Crippen molar-refractivity contribution in [3.63, 3.8) is 0 Å². The van der Waals surface area contributed by atoms with Gasteiger partial charge < -0.3 is 5.32 Å². The number of nitrogens with one attached hydrogen (secondary N) is 1. The van der Waals surface area contributed by atoms with Crippen LogP contribution in [0.1, 0.15) is 29.1 Å². The molecule has 2 aromatic heterocycles. The average Bonchev–Trinajstić information content (AvgIpc) is 3.09. The molecule has 0 aliphatic heterocycles. The van der Waals surface area contributed by atoms with Crippen LogP contribution < -0.4 is 5.32 Å². The lowest BCUT2D eigenvalue weighted by molar-refractivity contribution is 0.685. The number of aryl methyl sites for hydroxylation is 1. The van der Waals surface area contributed by atoms with E-state index in [4.69, 9.17) is 0 Å². The molecule has 0 spiro atoms. The third-order valence-electron chi connectivity index (χ3n) is 3.21. The summed E-state index contributed by atoms with van der Waals surface area (Å²) in [5.74, 6) is 0. The first-order valence-electron chi connectivity index (χ1n) is 6.83. The van der Waals surface area contributed by atoms with Crippen molar-refractivity contribution in [2.45, 2.75) is 26.4 Å². The first-order chi connectivity index (χ1) is 10.2. The average molecular weight is 299 g/mol. The Morgan fingerprint density at radius 2 is 2.05 bits per heavy atom. The standard InChI is InChI=1S/C15H17N5S/c1-11(17-15-19-18-12(2)21-15)14-8-16-20(10-14)9-13-6-4-3-5-7-13/h3-8,10-11H,9H2,1-2H3,(H,17,19). The predicted molar refractivity (Wildman–Crippen MR) is 84.5 cm³/mol. The SMILES string of the molecule is Cc1nnc(NC(C)c2cnn(Cc3ccccc3)c2)s1. The van der Waals surface area contributed by atoms with Crippen LogP contribution >= 0.6 is 11.3 Å². The topological polar surface area (TPSA) is 55.6 Å². The zero-order chi connectivity index (χ0) is 14.7. The molecule has 0 aliphatic carbocycles. The Morgan fingerprint density at radius 1 is 1.24 bits per heavy atom. The minimum atomic E-state index is 0.155. The molecule has 0 saturated heterocycles. The molecule has 0 radical (unpaired) electrons. The van der Waals surface area contributed by atoms with Gasteiger partial charge in [0.1, 0.15) is 5.01 Å². The Kier molecular flexibility index (Phi) is 3.96. The second-order valence-electron chi connectivity index (χ2n) is 4.95. The molecule has 1 unspecified atom stereocenters. The number of hydrogen-bond acceptors (Lipinski definition) is 5. The smallest absolute Gasteiger partial charge is 0.206 e. The number of hydrogen-bond donors (Lipinski definition) is 1. The maximum absolute atomic E-state index is 4.42. The van der Waals surface area contributed by atoms with Crippen LogP contribution in [0.4, 0.5) is 5.13 Å². The van der Waals surface area contributed by atoms with E-state index < -0.39 is 0 Å². The van der Waals surface area contributed by atoms with Crippen molar-refractivity contribution in [2.75, 3.05) is 5.32 Å². The molecule has 1 aromatic carbocycles. The van der Waals surface area contributed by atoms with Crippen molar-refractivity contribution in [2.24, 2.45) is 0 Å². The fourth-order valence-corrected chi connectivity index (χ4v) is 2.76. The molecule has 0 fully saturated rings. The van der Waals surface area contributed by atoms with Gasteiger partial charge in [-0.3, -0.25) is 4.68 Å². The van der Waals surface area contributed by atoms with Crippen LogP contribution in [0, 0.1) is 6.92 Å². The quantitative estimate of drug-likeness (QED) is 0.785. The van der Waals surface area contributed by atoms with Crippen LogP contribution in [0.15, 0.2) is 42.7 Å². The summed E-state index contributed by atoms with van der Waals surface area (Å²) in [7, 11) is 0. The molecule has 0 aliphatic rings. The molecule has 0 amide bonds.